The first-order valence-corrected chi connectivity index (χ1v) is 7.32. The van der Waals surface area contributed by atoms with Gasteiger partial charge in [-0.3, -0.25) is 4.79 Å². The smallest absolute Gasteiger partial charge is 0.267 e. The first-order chi connectivity index (χ1) is 10.0. The molecular weight excluding hydrogens is 264 g/mol. The number of anilines is 1. The number of carbonyl (C=O) groups is 1. The fourth-order valence-electron chi connectivity index (χ4n) is 2.83. The van der Waals surface area contributed by atoms with Crippen LogP contribution >= 0.6 is 0 Å². The summed E-state index contributed by atoms with van der Waals surface area (Å²) in [5.74, 6) is -0.0158. The van der Waals surface area contributed by atoms with Crippen molar-refractivity contribution in [1.82, 2.24) is 15.2 Å². The van der Waals surface area contributed by atoms with Crippen molar-refractivity contribution in [2.75, 3.05) is 39.1 Å². The fourth-order valence-corrected chi connectivity index (χ4v) is 2.83. The molecule has 0 saturated carbocycles. The Morgan fingerprint density at radius 1 is 1.38 bits per heavy atom. The standard InChI is InChI=1S/C16H22N4O/c1-19(2)13-5-4-11-8-15(18-14(11)9-13)16(21)17-12-6-7-20(3)10-12/h4-5,8-9,12,18H,6-7,10H2,1-3H3,(H,17,21)/t12-/m1/s1. The molecule has 0 spiro atoms. The van der Waals surface area contributed by atoms with Crippen molar-refractivity contribution in [2.24, 2.45) is 0 Å². The zero-order valence-electron chi connectivity index (χ0n) is 12.8. The lowest BCUT2D eigenvalue weighted by atomic mass is 10.2. The van der Waals surface area contributed by atoms with Crippen LogP contribution in [0.25, 0.3) is 10.9 Å². The molecular formula is C16H22N4O. The van der Waals surface area contributed by atoms with Gasteiger partial charge in [-0.2, -0.15) is 0 Å². The lowest BCUT2D eigenvalue weighted by molar-refractivity contribution is 0.0934. The second-order valence-electron chi connectivity index (χ2n) is 6.07. The first-order valence-electron chi connectivity index (χ1n) is 7.32. The van der Waals surface area contributed by atoms with E-state index in [0.29, 0.717) is 5.69 Å². The molecule has 0 bridgehead atoms. The number of hydrogen-bond acceptors (Lipinski definition) is 3. The van der Waals surface area contributed by atoms with Crippen LogP contribution in [0.2, 0.25) is 0 Å². The van der Waals surface area contributed by atoms with E-state index in [9.17, 15) is 4.79 Å². The molecule has 112 valence electrons. The number of amides is 1. The second-order valence-corrected chi connectivity index (χ2v) is 6.07. The van der Waals surface area contributed by atoms with Crippen LogP contribution in [0, 0.1) is 0 Å². The molecule has 1 aromatic heterocycles. The molecule has 1 fully saturated rings. The minimum Gasteiger partial charge on any atom is -0.378 e. The number of rotatable bonds is 3. The number of benzene rings is 1. The Morgan fingerprint density at radius 3 is 2.86 bits per heavy atom. The maximum Gasteiger partial charge on any atom is 0.267 e. The molecule has 0 aliphatic carbocycles. The molecule has 0 radical (unpaired) electrons. The Balaban J connectivity index is 1.78. The number of likely N-dealkylation sites (tertiary alicyclic amines) is 1. The van der Waals surface area contributed by atoms with Gasteiger partial charge in [-0.05, 0) is 38.2 Å². The Morgan fingerprint density at radius 2 is 2.19 bits per heavy atom. The highest BCUT2D eigenvalue weighted by atomic mass is 16.2. The Kier molecular flexibility index (Phi) is 3.59. The van der Waals surface area contributed by atoms with Gasteiger partial charge in [-0.1, -0.05) is 6.07 Å². The molecule has 1 aliphatic rings. The van der Waals surface area contributed by atoms with Gasteiger partial charge in [0.2, 0.25) is 0 Å². The summed E-state index contributed by atoms with van der Waals surface area (Å²) in [7, 11) is 6.10. The number of likely N-dealkylation sites (N-methyl/N-ethyl adjacent to an activating group) is 1. The van der Waals surface area contributed by atoms with E-state index in [2.05, 4.69) is 34.4 Å². The number of hydrogen-bond donors (Lipinski definition) is 2. The Labute approximate surface area is 124 Å². The highest BCUT2D eigenvalue weighted by molar-refractivity contribution is 5.98. The van der Waals surface area contributed by atoms with Crippen molar-refractivity contribution < 1.29 is 4.79 Å². The minimum absolute atomic E-state index is 0.0158. The monoisotopic (exact) mass is 286 g/mol. The summed E-state index contributed by atoms with van der Waals surface area (Å²) < 4.78 is 0. The third-order valence-electron chi connectivity index (χ3n) is 4.09. The van der Waals surface area contributed by atoms with E-state index in [0.717, 1.165) is 36.1 Å². The zero-order valence-corrected chi connectivity index (χ0v) is 12.8. The van der Waals surface area contributed by atoms with Crippen LogP contribution in [0.5, 0.6) is 0 Å². The second kappa shape index (κ2) is 5.41. The van der Waals surface area contributed by atoms with E-state index in [1.54, 1.807) is 0 Å². The molecule has 1 amide bonds. The van der Waals surface area contributed by atoms with Crippen molar-refractivity contribution in [1.29, 1.82) is 0 Å². The molecule has 1 atom stereocenters. The van der Waals surface area contributed by atoms with Gasteiger partial charge in [0.1, 0.15) is 5.69 Å². The lowest BCUT2D eigenvalue weighted by Gasteiger charge is -2.12. The fraction of sp³-hybridized carbons (Fsp3) is 0.438. The van der Waals surface area contributed by atoms with E-state index in [1.165, 1.54) is 0 Å². The lowest BCUT2D eigenvalue weighted by Crippen LogP contribution is -2.36. The Hall–Kier alpha value is -2.01. The summed E-state index contributed by atoms with van der Waals surface area (Å²) in [6.07, 6.45) is 1.02. The number of nitrogens with one attached hydrogen (secondary N) is 2. The molecule has 1 saturated heterocycles. The highest BCUT2D eigenvalue weighted by Gasteiger charge is 2.22. The van der Waals surface area contributed by atoms with Gasteiger partial charge in [-0.15, -0.1) is 0 Å². The quantitative estimate of drug-likeness (QED) is 0.902. The minimum atomic E-state index is -0.0158. The summed E-state index contributed by atoms with van der Waals surface area (Å²) in [6.45, 7) is 1.97. The van der Waals surface area contributed by atoms with Gasteiger partial charge < -0.3 is 20.1 Å². The van der Waals surface area contributed by atoms with E-state index in [4.69, 9.17) is 0 Å². The van der Waals surface area contributed by atoms with Gasteiger partial charge in [0.05, 0.1) is 0 Å². The summed E-state index contributed by atoms with van der Waals surface area (Å²) >= 11 is 0. The molecule has 5 nitrogen and oxygen atoms in total. The van der Waals surface area contributed by atoms with Crippen LogP contribution in [-0.2, 0) is 0 Å². The summed E-state index contributed by atoms with van der Waals surface area (Å²) in [5.41, 5.74) is 2.75. The number of aromatic amines is 1. The van der Waals surface area contributed by atoms with E-state index in [-0.39, 0.29) is 11.9 Å². The number of H-pyrrole nitrogens is 1. The van der Waals surface area contributed by atoms with Crippen LogP contribution in [-0.4, -0.2) is 56.1 Å². The summed E-state index contributed by atoms with van der Waals surface area (Å²) in [4.78, 5) is 19.8. The number of nitrogens with zero attached hydrogens (tertiary/aromatic N) is 2. The number of carbonyl (C=O) groups excluding carboxylic acids is 1. The normalized spacial score (nSPS) is 19.1. The van der Waals surface area contributed by atoms with Gasteiger partial charge in [0.25, 0.3) is 5.91 Å². The highest BCUT2D eigenvalue weighted by Crippen LogP contribution is 2.21. The van der Waals surface area contributed by atoms with E-state index < -0.39 is 0 Å². The van der Waals surface area contributed by atoms with Crippen LogP contribution in [0.3, 0.4) is 0 Å². The molecule has 2 N–H and O–H groups in total. The molecule has 21 heavy (non-hydrogen) atoms. The van der Waals surface area contributed by atoms with Gasteiger partial charge in [0, 0.05) is 43.3 Å². The predicted molar refractivity (Wildman–Crippen MR) is 86.0 cm³/mol. The zero-order chi connectivity index (χ0) is 15.0. The van der Waals surface area contributed by atoms with Gasteiger partial charge >= 0.3 is 0 Å². The van der Waals surface area contributed by atoms with Crippen molar-refractivity contribution >= 4 is 22.5 Å². The molecule has 1 aliphatic heterocycles. The van der Waals surface area contributed by atoms with Crippen LogP contribution < -0.4 is 10.2 Å². The SMILES string of the molecule is CN1CC[C@@H](NC(=O)c2cc3ccc(N(C)C)cc3[nH]2)C1. The molecule has 0 unspecified atom stereocenters. The van der Waals surface area contributed by atoms with E-state index in [1.807, 2.05) is 31.1 Å². The number of aromatic nitrogens is 1. The summed E-state index contributed by atoms with van der Waals surface area (Å²) in [6, 6.07) is 8.34. The third kappa shape index (κ3) is 2.88. The predicted octanol–water partition coefficient (Wildman–Crippen LogP) is 1.67. The molecule has 1 aromatic carbocycles. The van der Waals surface area contributed by atoms with Crippen LogP contribution in [0.15, 0.2) is 24.3 Å². The maximum atomic E-state index is 12.3. The van der Waals surface area contributed by atoms with Crippen molar-refractivity contribution in [3.8, 4) is 0 Å². The van der Waals surface area contributed by atoms with Crippen molar-refractivity contribution in [3.63, 3.8) is 0 Å². The van der Waals surface area contributed by atoms with Gasteiger partial charge in [0.15, 0.2) is 0 Å². The average Bonchev–Trinajstić information content (AvgIpc) is 3.03. The van der Waals surface area contributed by atoms with Gasteiger partial charge in [-0.25, -0.2) is 0 Å². The Bertz CT molecular complexity index is 661. The molecule has 5 heteroatoms. The van der Waals surface area contributed by atoms with Crippen molar-refractivity contribution in [3.05, 3.63) is 30.0 Å². The summed E-state index contributed by atoms with van der Waals surface area (Å²) in [5, 5.41) is 4.17. The third-order valence-corrected chi connectivity index (χ3v) is 4.09. The number of fused-ring (bicyclic) bond motifs is 1. The van der Waals surface area contributed by atoms with Crippen LogP contribution in [0.1, 0.15) is 16.9 Å². The molecule has 2 aromatic rings. The topological polar surface area (TPSA) is 51.4 Å². The molecule has 3 rings (SSSR count). The van der Waals surface area contributed by atoms with E-state index >= 15 is 0 Å². The maximum absolute atomic E-state index is 12.3. The van der Waals surface area contributed by atoms with Crippen LogP contribution in [0.4, 0.5) is 5.69 Å². The largest absolute Gasteiger partial charge is 0.378 e. The average molecular weight is 286 g/mol. The molecule has 2 heterocycles. The van der Waals surface area contributed by atoms with Crippen molar-refractivity contribution in [2.45, 2.75) is 12.5 Å². The first kappa shape index (κ1) is 13.9.